The number of benzene rings is 1. The molecule has 3 N–H and O–H groups in total. The Balaban J connectivity index is 3.30. The van der Waals surface area contributed by atoms with E-state index in [9.17, 15) is 34.3 Å². The predicted octanol–water partition coefficient (Wildman–Crippen LogP) is 0.390. The van der Waals surface area contributed by atoms with Crippen molar-refractivity contribution in [1.82, 2.24) is 0 Å². The Labute approximate surface area is 122 Å². The van der Waals surface area contributed by atoms with E-state index in [1.165, 1.54) is 6.92 Å². The molecule has 0 aliphatic carbocycles. The average Bonchev–Trinajstić information content (AvgIpc) is 2.45. The Hall–Kier alpha value is -2.59. The van der Waals surface area contributed by atoms with Gasteiger partial charge in [-0.05, 0) is 13.0 Å². The molecular formula is C12H12FNO8. The van der Waals surface area contributed by atoms with Crippen molar-refractivity contribution in [2.24, 2.45) is 0 Å². The maximum atomic E-state index is 13.8. The molecular weight excluding hydrogens is 305 g/mol. The van der Waals surface area contributed by atoms with Gasteiger partial charge in [0.1, 0.15) is 17.5 Å². The summed E-state index contributed by atoms with van der Waals surface area (Å²) >= 11 is 0. The van der Waals surface area contributed by atoms with Crippen LogP contribution in [0.25, 0.3) is 0 Å². The number of hydrogen-bond donors (Lipinski definition) is 3. The number of carboxylic acids is 1. The fourth-order valence-electron chi connectivity index (χ4n) is 1.65. The van der Waals surface area contributed by atoms with Crippen LogP contribution in [0.15, 0.2) is 12.1 Å². The smallest absolute Gasteiger partial charge is 0.342 e. The van der Waals surface area contributed by atoms with Gasteiger partial charge in [0, 0.05) is 11.6 Å². The molecule has 0 saturated carbocycles. The molecule has 120 valence electrons. The fourth-order valence-corrected chi connectivity index (χ4v) is 1.65. The highest BCUT2D eigenvalue weighted by Gasteiger charge is 2.32. The topological polar surface area (TPSA) is 147 Å². The highest BCUT2D eigenvalue weighted by molar-refractivity contribution is 5.92. The second-order valence-corrected chi connectivity index (χ2v) is 4.09. The van der Waals surface area contributed by atoms with Gasteiger partial charge in [-0.25, -0.2) is 14.0 Å². The van der Waals surface area contributed by atoms with Gasteiger partial charge in [-0.2, -0.15) is 0 Å². The standard InChI is InChI=1S/C12H12FNO8/c1-2-22-12(19)10(16)9(15)5-4-8(14(20)21)6(11(17)18)3-7(5)13/h3-4,9-10,15-16H,2H2,1H3,(H,17,18). The highest BCUT2D eigenvalue weighted by atomic mass is 19.1. The summed E-state index contributed by atoms with van der Waals surface area (Å²) in [5, 5.41) is 38.8. The first-order valence-electron chi connectivity index (χ1n) is 5.94. The molecule has 22 heavy (non-hydrogen) atoms. The molecule has 0 amide bonds. The lowest BCUT2D eigenvalue weighted by Gasteiger charge is -2.17. The Morgan fingerprint density at radius 1 is 1.41 bits per heavy atom. The van der Waals surface area contributed by atoms with Crippen molar-refractivity contribution in [3.05, 3.63) is 39.2 Å². The molecule has 0 aromatic heterocycles. The van der Waals surface area contributed by atoms with Crippen LogP contribution in [0.5, 0.6) is 0 Å². The van der Waals surface area contributed by atoms with Gasteiger partial charge in [0.25, 0.3) is 5.69 Å². The molecule has 0 spiro atoms. The predicted molar refractivity (Wildman–Crippen MR) is 67.6 cm³/mol. The first kappa shape index (κ1) is 17.5. The van der Waals surface area contributed by atoms with Crippen LogP contribution in [0.4, 0.5) is 10.1 Å². The van der Waals surface area contributed by atoms with Crippen LogP contribution in [0, 0.1) is 15.9 Å². The number of carbonyl (C=O) groups is 2. The molecule has 0 aliphatic rings. The minimum absolute atomic E-state index is 0.108. The highest BCUT2D eigenvalue weighted by Crippen LogP contribution is 2.29. The van der Waals surface area contributed by atoms with E-state index in [0.717, 1.165) is 0 Å². The second-order valence-electron chi connectivity index (χ2n) is 4.09. The van der Waals surface area contributed by atoms with E-state index in [-0.39, 0.29) is 6.61 Å². The van der Waals surface area contributed by atoms with Crippen LogP contribution in [-0.4, -0.2) is 44.9 Å². The third kappa shape index (κ3) is 3.54. The SMILES string of the molecule is CCOC(=O)C(O)C(O)c1cc([N+](=O)[O-])c(C(=O)O)cc1F. The van der Waals surface area contributed by atoms with Gasteiger partial charge in [0.15, 0.2) is 6.10 Å². The first-order chi connectivity index (χ1) is 10.2. The number of aliphatic hydroxyl groups is 2. The molecule has 2 atom stereocenters. The third-order valence-electron chi connectivity index (χ3n) is 2.69. The summed E-state index contributed by atoms with van der Waals surface area (Å²) in [5.74, 6) is -4.31. The van der Waals surface area contributed by atoms with Crippen molar-refractivity contribution in [2.75, 3.05) is 6.61 Å². The molecule has 0 bridgehead atoms. The zero-order valence-electron chi connectivity index (χ0n) is 11.2. The number of aliphatic hydroxyl groups excluding tert-OH is 2. The molecule has 1 rings (SSSR count). The van der Waals surface area contributed by atoms with Gasteiger partial charge < -0.3 is 20.1 Å². The average molecular weight is 317 g/mol. The van der Waals surface area contributed by atoms with E-state index in [4.69, 9.17) is 5.11 Å². The van der Waals surface area contributed by atoms with E-state index in [2.05, 4.69) is 4.74 Å². The number of esters is 1. The molecule has 0 fully saturated rings. The van der Waals surface area contributed by atoms with Crippen molar-refractivity contribution in [3.8, 4) is 0 Å². The maximum absolute atomic E-state index is 13.8. The van der Waals surface area contributed by atoms with Gasteiger partial charge in [-0.3, -0.25) is 10.1 Å². The van der Waals surface area contributed by atoms with Gasteiger partial charge in [-0.15, -0.1) is 0 Å². The van der Waals surface area contributed by atoms with Crippen LogP contribution in [0.3, 0.4) is 0 Å². The number of carbonyl (C=O) groups excluding carboxylic acids is 1. The summed E-state index contributed by atoms with van der Waals surface area (Å²) in [6.07, 6.45) is -4.33. The lowest BCUT2D eigenvalue weighted by molar-refractivity contribution is -0.385. The van der Waals surface area contributed by atoms with Gasteiger partial charge in [-0.1, -0.05) is 0 Å². The minimum Gasteiger partial charge on any atom is -0.477 e. The summed E-state index contributed by atoms with van der Waals surface area (Å²) in [4.78, 5) is 31.8. The molecule has 1 aromatic rings. The number of carboxylic acid groups (broad SMARTS) is 1. The molecule has 2 unspecified atom stereocenters. The Morgan fingerprint density at radius 2 is 2.00 bits per heavy atom. The van der Waals surface area contributed by atoms with E-state index >= 15 is 0 Å². The molecule has 0 radical (unpaired) electrons. The molecule has 10 heteroatoms. The minimum atomic E-state index is -2.18. The van der Waals surface area contributed by atoms with Gasteiger partial charge in [0.05, 0.1) is 11.5 Å². The van der Waals surface area contributed by atoms with Gasteiger partial charge >= 0.3 is 11.9 Å². The zero-order valence-corrected chi connectivity index (χ0v) is 11.2. The lowest BCUT2D eigenvalue weighted by atomic mass is 10.0. The second kappa shape index (κ2) is 6.91. The monoisotopic (exact) mass is 317 g/mol. The molecule has 1 aromatic carbocycles. The van der Waals surface area contributed by atoms with Crippen LogP contribution >= 0.6 is 0 Å². The zero-order chi connectivity index (χ0) is 17.0. The fraction of sp³-hybridized carbons (Fsp3) is 0.333. The quantitative estimate of drug-likeness (QED) is 0.388. The number of hydrogen-bond acceptors (Lipinski definition) is 7. The molecule has 0 aliphatic heterocycles. The largest absolute Gasteiger partial charge is 0.477 e. The Morgan fingerprint density at radius 3 is 2.45 bits per heavy atom. The van der Waals surface area contributed by atoms with Crippen molar-refractivity contribution in [2.45, 2.75) is 19.1 Å². The van der Waals surface area contributed by atoms with Crippen LogP contribution in [0.2, 0.25) is 0 Å². The number of halogens is 1. The lowest BCUT2D eigenvalue weighted by Crippen LogP contribution is -2.30. The van der Waals surface area contributed by atoms with E-state index in [1.54, 1.807) is 0 Å². The van der Waals surface area contributed by atoms with Crippen molar-refractivity contribution in [1.29, 1.82) is 0 Å². The number of nitro groups is 1. The summed E-state index contributed by atoms with van der Waals surface area (Å²) in [7, 11) is 0. The summed E-state index contributed by atoms with van der Waals surface area (Å²) in [6, 6.07) is 0.781. The van der Waals surface area contributed by atoms with Crippen LogP contribution < -0.4 is 0 Å². The summed E-state index contributed by atoms with van der Waals surface area (Å²) in [6.45, 7) is 1.33. The number of ether oxygens (including phenoxy) is 1. The third-order valence-corrected chi connectivity index (χ3v) is 2.69. The molecule has 0 saturated heterocycles. The maximum Gasteiger partial charge on any atom is 0.342 e. The van der Waals surface area contributed by atoms with Crippen molar-refractivity contribution < 1.29 is 39.0 Å². The first-order valence-corrected chi connectivity index (χ1v) is 5.94. The van der Waals surface area contributed by atoms with E-state index < -0.39 is 51.7 Å². The van der Waals surface area contributed by atoms with Crippen LogP contribution in [-0.2, 0) is 9.53 Å². The number of aromatic carboxylic acids is 1. The summed E-state index contributed by atoms with van der Waals surface area (Å²) < 4.78 is 18.2. The normalized spacial score (nSPS) is 13.3. The number of rotatable bonds is 6. The van der Waals surface area contributed by atoms with Crippen LogP contribution in [0.1, 0.15) is 28.9 Å². The number of nitro benzene ring substituents is 1. The summed E-state index contributed by atoms with van der Waals surface area (Å²) in [5.41, 5.74) is -2.71. The van der Waals surface area contributed by atoms with E-state index in [1.807, 2.05) is 0 Å². The molecule has 0 heterocycles. The van der Waals surface area contributed by atoms with Crippen molar-refractivity contribution >= 4 is 17.6 Å². The Bertz CT molecular complexity index is 617. The van der Waals surface area contributed by atoms with Crippen molar-refractivity contribution in [3.63, 3.8) is 0 Å². The molecule has 9 nitrogen and oxygen atoms in total. The van der Waals surface area contributed by atoms with E-state index in [0.29, 0.717) is 12.1 Å². The Kier molecular flexibility index (Phi) is 5.49. The number of nitrogens with zero attached hydrogens (tertiary/aromatic N) is 1. The van der Waals surface area contributed by atoms with Gasteiger partial charge in [0.2, 0.25) is 0 Å².